The fraction of sp³-hybridized carbons (Fsp3) is 0.143. The zero-order valence-electron chi connectivity index (χ0n) is 9.44. The number of nitrogens with two attached hydrogens (primary N) is 2. The zero-order valence-corrected chi connectivity index (χ0v) is 11.2. The van der Waals surface area contributed by atoms with Crippen LogP contribution in [0.3, 0.4) is 0 Å². The summed E-state index contributed by atoms with van der Waals surface area (Å²) < 4.78 is 0. The monoisotopic (exact) mass is 314 g/mol. The van der Waals surface area contributed by atoms with Crippen molar-refractivity contribution in [1.82, 2.24) is 0 Å². The van der Waals surface area contributed by atoms with E-state index in [1.807, 2.05) is 60.7 Å². The molecule has 2 aromatic carbocycles. The maximum atomic E-state index is 6.15. The standard InChI is InChI=1S/C14H16N2.Ru/c15-13(11-7-3-1-4-8-11)14(16)12-9-5-2-6-10-12;/h1-10,13-14H,15-16H2;/t13-,14-;/m0./s1. The Balaban J connectivity index is 0.00000144. The first kappa shape index (κ1) is 14.0. The largest absolute Gasteiger partial charge is 0.322 e. The number of benzene rings is 2. The molecule has 0 bridgehead atoms. The van der Waals surface area contributed by atoms with Crippen molar-refractivity contribution in [1.29, 1.82) is 0 Å². The van der Waals surface area contributed by atoms with E-state index in [-0.39, 0.29) is 31.6 Å². The van der Waals surface area contributed by atoms with E-state index < -0.39 is 0 Å². The van der Waals surface area contributed by atoms with E-state index in [0.717, 1.165) is 11.1 Å². The average molecular weight is 313 g/mol. The molecule has 0 spiro atoms. The fourth-order valence-corrected chi connectivity index (χ4v) is 1.77. The second-order valence-corrected chi connectivity index (χ2v) is 3.87. The molecule has 2 aromatic rings. The van der Waals surface area contributed by atoms with Gasteiger partial charge in [-0.1, -0.05) is 60.7 Å². The fourth-order valence-electron chi connectivity index (χ4n) is 1.77. The van der Waals surface area contributed by atoms with Gasteiger partial charge in [-0.25, -0.2) is 0 Å². The van der Waals surface area contributed by atoms with Crippen molar-refractivity contribution in [3.8, 4) is 0 Å². The molecule has 0 aromatic heterocycles. The van der Waals surface area contributed by atoms with Gasteiger partial charge in [-0.3, -0.25) is 0 Å². The summed E-state index contributed by atoms with van der Waals surface area (Å²) in [7, 11) is 0. The van der Waals surface area contributed by atoms with Crippen LogP contribution in [0.25, 0.3) is 0 Å². The average Bonchev–Trinajstić information content (AvgIpc) is 2.39. The third-order valence-electron chi connectivity index (χ3n) is 2.76. The Morgan fingerprint density at radius 1 is 0.588 bits per heavy atom. The van der Waals surface area contributed by atoms with Crippen molar-refractivity contribution in [3.05, 3.63) is 71.8 Å². The molecular formula is C14H16N2Ru. The predicted octanol–water partition coefficient (Wildman–Crippen LogP) is 2.38. The summed E-state index contributed by atoms with van der Waals surface area (Å²) in [5, 5.41) is 0. The Morgan fingerprint density at radius 2 is 0.882 bits per heavy atom. The molecule has 0 amide bonds. The van der Waals surface area contributed by atoms with Crippen LogP contribution in [-0.2, 0) is 19.5 Å². The molecule has 0 radical (unpaired) electrons. The molecule has 0 aliphatic heterocycles. The number of hydrogen-bond donors (Lipinski definition) is 2. The van der Waals surface area contributed by atoms with Crippen molar-refractivity contribution in [2.24, 2.45) is 11.5 Å². The van der Waals surface area contributed by atoms with E-state index in [4.69, 9.17) is 11.5 Å². The molecule has 2 atom stereocenters. The Morgan fingerprint density at radius 3 is 1.18 bits per heavy atom. The summed E-state index contributed by atoms with van der Waals surface area (Å²) in [6.45, 7) is 0. The predicted molar refractivity (Wildman–Crippen MR) is 66.7 cm³/mol. The van der Waals surface area contributed by atoms with Crippen molar-refractivity contribution in [2.45, 2.75) is 12.1 Å². The smallest absolute Gasteiger partial charge is 0.0491 e. The summed E-state index contributed by atoms with van der Waals surface area (Å²) in [6.07, 6.45) is 0. The molecule has 4 N–H and O–H groups in total. The molecule has 0 unspecified atom stereocenters. The minimum atomic E-state index is -0.163. The molecule has 2 nitrogen and oxygen atoms in total. The maximum Gasteiger partial charge on any atom is 0.0491 e. The van der Waals surface area contributed by atoms with E-state index in [1.54, 1.807) is 0 Å². The third-order valence-corrected chi connectivity index (χ3v) is 2.76. The van der Waals surface area contributed by atoms with Crippen molar-refractivity contribution >= 4 is 0 Å². The van der Waals surface area contributed by atoms with E-state index in [2.05, 4.69) is 0 Å². The third kappa shape index (κ3) is 3.47. The van der Waals surface area contributed by atoms with Gasteiger partial charge in [0, 0.05) is 31.6 Å². The van der Waals surface area contributed by atoms with Gasteiger partial charge in [-0.05, 0) is 11.1 Å². The second-order valence-electron chi connectivity index (χ2n) is 3.87. The van der Waals surface area contributed by atoms with Crippen LogP contribution in [0, 0.1) is 0 Å². The molecular weight excluding hydrogens is 297 g/mol. The first-order valence-corrected chi connectivity index (χ1v) is 5.40. The summed E-state index contributed by atoms with van der Waals surface area (Å²) in [4.78, 5) is 0. The molecule has 17 heavy (non-hydrogen) atoms. The molecule has 90 valence electrons. The second kappa shape index (κ2) is 6.65. The molecule has 0 saturated heterocycles. The van der Waals surface area contributed by atoms with Crippen LogP contribution in [0.2, 0.25) is 0 Å². The Kier molecular flexibility index (Phi) is 5.50. The van der Waals surface area contributed by atoms with Crippen LogP contribution < -0.4 is 11.5 Å². The van der Waals surface area contributed by atoms with Gasteiger partial charge in [-0.2, -0.15) is 0 Å². The van der Waals surface area contributed by atoms with Crippen LogP contribution in [0.1, 0.15) is 23.2 Å². The van der Waals surface area contributed by atoms with Gasteiger partial charge in [0.05, 0.1) is 0 Å². The zero-order chi connectivity index (χ0) is 11.4. The molecule has 3 heteroatoms. The number of rotatable bonds is 3. The van der Waals surface area contributed by atoms with Crippen LogP contribution in [0.15, 0.2) is 60.7 Å². The van der Waals surface area contributed by atoms with Gasteiger partial charge in [0.1, 0.15) is 0 Å². The summed E-state index contributed by atoms with van der Waals surface area (Å²) >= 11 is 0. The van der Waals surface area contributed by atoms with Gasteiger partial charge in [0.2, 0.25) is 0 Å². The Labute approximate surface area is 115 Å². The van der Waals surface area contributed by atoms with Crippen LogP contribution >= 0.6 is 0 Å². The first-order valence-electron chi connectivity index (χ1n) is 5.40. The van der Waals surface area contributed by atoms with Crippen LogP contribution in [-0.4, -0.2) is 0 Å². The summed E-state index contributed by atoms with van der Waals surface area (Å²) in [5.74, 6) is 0. The molecule has 0 fully saturated rings. The first-order chi connectivity index (χ1) is 7.79. The normalized spacial score (nSPS) is 13.5. The molecule has 0 aliphatic rings. The molecule has 0 heterocycles. The van der Waals surface area contributed by atoms with E-state index >= 15 is 0 Å². The van der Waals surface area contributed by atoms with Gasteiger partial charge in [0.25, 0.3) is 0 Å². The van der Waals surface area contributed by atoms with E-state index in [0.29, 0.717) is 0 Å². The van der Waals surface area contributed by atoms with Crippen LogP contribution in [0.4, 0.5) is 0 Å². The van der Waals surface area contributed by atoms with Gasteiger partial charge < -0.3 is 11.5 Å². The quantitative estimate of drug-likeness (QED) is 0.855. The summed E-state index contributed by atoms with van der Waals surface area (Å²) in [6, 6.07) is 19.6. The van der Waals surface area contributed by atoms with Gasteiger partial charge >= 0.3 is 0 Å². The van der Waals surface area contributed by atoms with Gasteiger partial charge in [0.15, 0.2) is 0 Å². The molecule has 0 saturated carbocycles. The van der Waals surface area contributed by atoms with Crippen molar-refractivity contribution < 1.29 is 19.5 Å². The molecule has 0 aliphatic carbocycles. The van der Waals surface area contributed by atoms with Crippen molar-refractivity contribution in [3.63, 3.8) is 0 Å². The summed E-state index contributed by atoms with van der Waals surface area (Å²) in [5.41, 5.74) is 14.4. The molecule has 2 rings (SSSR count). The maximum absolute atomic E-state index is 6.15. The van der Waals surface area contributed by atoms with Gasteiger partial charge in [-0.15, -0.1) is 0 Å². The number of hydrogen-bond acceptors (Lipinski definition) is 2. The Bertz CT molecular complexity index is 387. The van der Waals surface area contributed by atoms with E-state index in [9.17, 15) is 0 Å². The minimum Gasteiger partial charge on any atom is -0.322 e. The van der Waals surface area contributed by atoms with Crippen molar-refractivity contribution in [2.75, 3.05) is 0 Å². The SMILES string of the molecule is N[C@@H](c1ccccc1)[C@@H](N)c1ccccc1.[Ru]. The van der Waals surface area contributed by atoms with E-state index in [1.165, 1.54) is 0 Å². The van der Waals surface area contributed by atoms with Crippen LogP contribution in [0.5, 0.6) is 0 Å². The minimum absolute atomic E-state index is 0. The Hall–Kier alpha value is -1.02. The topological polar surface area (TPSA) is 52.0 Å².